The third-order valence-electron chi connectivity index (χ3n) is 6.82. The summed E-state index contributed by atoms with van der Waals surface area (Å²) in [6.45, 7) is 18.8. The maximum absolute atomic E-state index is 10.4. The van der Waals surface area contributed by atoms with Crippen molar-refractivity contribution in [2.24, 2.45) is 0 Å². The maximum atomic E-state index is 10.4. The standard InChI is InChI=1S/C29H42O2/c1-20(2)12-9-13-21(3)14-10-15-22(4)16-11-18-29(8)19-17-26-25(7)27(30)23(5)24(6)28(26)31-29/h12,14,16H,1,9-11,13,15,17-19H2,2-8H3/p+1/b21-14+,22-16+/t29-/m1/s1. The van der Waals surface area contributed by atoms with Crippen LogP contribution in [0.3, 0.4) is 0 Å². The fourth-order valence-electron chi connectivity index (χ4n) is 4.39. The van der Waals surface area contributed by atoms with Crippen LogP contribution in [0.2, 0.25) is 0 Å². The number of rotatable bonds is 10. The van der Waals surface area contributed by atoms with Gasteiger partial charge in [-0.05, 0) is 110 Å². The Labute approximate surface area is 191 Å². The van der Waals surface area contributed by atoms with Crippen LogP contribution in [0.4, 0.5) is 0 Å². The molecule has 2 rings (SSSR count). The van der Waals surface area contributed by atoms with Crippen molar-refractivity contribution in [1.29, 1.82) is 0 Å². The molecule has 0 bridgehead atoms. The van der Waals surface area contributed by atoms with Crippen LogP contribution in [0.25, 0.3) is 0 Å². The quantitative estimate of drug-likeness (QED) is 0.302. The van der Waals surface area contributed by atoms with E-state index in [1.54, 1.807) is 0 Å². The minimum absolute atomic E-state index is 0.138. The zero-order valence-electron chi connectivity index (χ0n) is 21.0. The number of phenols is 1. The van der Waals surface area contributed by atoms with E-state index >= 15 is 0 Å². The SMILES string of the molecule is C=C(C)[CH+]CC/C(C)=C/CC/C(C)=C/CC[C@]1(C)CCc2c(C)c(O)c(C)c(C)c2O1. The highest BCUT2D eigenvalue weighted by molar-refractivity contribution is 5.58. The summed E-state index contributed by atoms with van der Waals surface area (Å²) < 4.78 is 6.56. The number of phenolic OH excluding ortho intramolecular Hbond substituents is 1. The molecule has 1 aliphatic rings. The molecule has 31 heavy (non-hydrogen) atoms. The molecule has 1 aliphatic heterocycles. The molecule has 2 nitrogen and oxygen atoms in total. The summed E-state index contributed by atoms with van der Waals surface area (Å²) in [6, 6.07) is 0. The lowest BCUT2D eigenvalue weighted by molar-refractivity contribution is 0.0558. The molecule has 1 heterocycles. The zero-order chi connectivity index (χ0) is 23.2. The minimum Gasteiger partial charge on any atom is -0.507 e. The highest BCUT2D eigenvalue weighted by Crippen LogP contribution is 2.44. The number of ether oxygens (including phenoxy) is 1. The van der Waals surface area contributed by atoms with Crippen LogP contribution >= 0.6 is 0 Å². The van der Waals surface area contributed by atoms with Gasteiger partial charge in [-0.2, -0.15) is 0 Å². The Kier molecular flexibility index (Phi) is 8.91. The van der Waals surface area contributed by atoms with Gasteiger partial charge in [-0.15, -0.1) is 0 Å². The van der Waals surface area contributed by atoms with Crippen LogP contribution in [0.15, 0.2) is 35.5 Å². The van der Waals surface area contributed by atoms with Gasteiger partial charge in [-0.25, -0.2) is 0 Å². The highest BCUT2D eigenvalue weighted by atomic mass is 16.5. The Hall–Kier alpha value is -2.09. The van der Waals surface area contributed by atoms with Crippen molar-refractivity contribution in [3.8, 4) is 11.5 Å². The Morgan fingerprint density at radius 3 is 2.35 bits per heavy atom. The molecule has 1 N–H and O–H groups in total. The molecule has 0 saturated heterocycles. The number of hydrogen-bond acceptors (Lipinski definition) is 2. The largest absolute Gasteiger partial charge is 0.507 e. The lowest BCUT2D eigenvalue weighted by atomic mass is 9.85. The van der Waals surface area contributed by atoms with Crippen LogP contribution < -0.4 is 4.74 Å². The predicted molar refractivity (Wildman–Crippen MR) is 134 cm³/mol. The average molecular weight is 424 g/mol. The number of benzene rings is 1. The Balaban J connectivity index is 1.86. The normalized spacial score (nSPS) is 19.1. The molecule has 1 aromatic carbocycles. The highest BCUT2D eigenvalue weighted by Gasteiger charge is 2.33. The number of aromatic hydroxyl groups is 1. The first-order valence-corrected chi connectivity index (χ1v) is 11.8. The van der Waals surface area contributed by atoms with Gasteiger partial charge in [-0.3, -0.25) is 0 Å². The maximum Gasteiger partial charge on any atom is 0.127 e. The van der Waals surface area contributed by atoms with E-state index in [2.05, 4.69) is 59.8 Å². The molecule has 2 heteroatoms. The third kappa shape index (κ3) is 6.95. The topological polar surface area (TPSA) is 29.5 Å². The Morgan fingerprint density at radius 2 is 1.68 bits per heavy atom. The lowest BCUT2D eigenvalue weighted by Crippen LogP contribution is -2.37. The number of hydrogen-bond donors (Lipinski definition) is 1. The van der Waals surface area contributed by atoms with Crippen LogP contribution in [0.5, 0.6) is 11.5 Å². The zero-order valence-corrected chi connectivity index (χ0v) is 21.0. The van der Waals surface area contributed by atoms with E-state index in [0.717, 1.165) is 79.4 Å². The molecular weight excluding hydrogens is 380 g/mol. The molecule has 0 unspecified atom stereocenters. The molecule has 0 aromatic heterocycles. The van der Waals surface area contributed by atoms with Crippen LogP contribution in [0.1, 0.15) is 94.9 Å². The van der Waals surface area contributed by atoms with Crippen molar-refractivity contribution in [2.75, 3.05) is 0 Å². The first kappa shape index (κ1) is 25.2. The van der Waals surface area contributed by atoms with Crippen LogP contribution in [0, 0.1) is 27.2 Å². The first-order chi connectivity index (χ1) is 14.5. The summed E-state index contributed by atoms with van der Waals surface area (Å²) in [6.07, 6.45) is 15.5. The van der Waals surface area contributed by atoms with Crippen molar-refractivity contribution >= 4 is 0 Å². The molecule has 1 atom stereocenters. The summed E-state index contributed by atoms with van der Waals surface area (Å²) in [4.78, 5) is 0. The number of allylic oxidation sites excluding steroid dienone is 5. The van der Waals surface area contributed by atoms with Gasteiger partial charge in [0.05, 0.1) is 5.57 Å². The second kappa shape index (κ2) is 11.0. The summed E-state index contributed by atoms with van der Waals surface area (Å²) in [7, 11) is 0. The molecule has 0 saturated carbocycles. The molecule has 0 fully saturated rings. The van der Waals surface area contributed by atoms with Crippen LogP contribution in [-0.4, -0.2) is 10.7 Å². The van der Waals surface area contributed by atoms with Gasteiger partial charge >= 0.3 is 0 Å². The first-order valence-electron chi connectivity index (χ1n) is 11.8. The fraction of sp³-hybridized carbons (Fsp3) is 0.552. The molecule has 0 radical (unpaired) electrons. The molecule has 170 valence electrons. The third-order valence-corrected chi connectivity index (χ3v) is 6.82. The van der Waals surface area contributed by atoms with Gasteiger partial charge in [0.15, 0.2) is 0 Å². The van der Waals surface area contributed by atoms with Crippen molar-refractivity contribution in [3.05, 3.63) is 64.1 Å². The Bertz CT molecular complexity index is 856. The van der Waals surface area contributed by atoms with E-state index < -0.39 is 0 Å². The van der Waals surface area contributed by atoms with E-state index in [9.17, 15) is 5.11 Å². The molecule has 0 amide bonds. The molecule has 1 aromatic rings. The minimum atomic E-state index is -0.138. The van der Waals surface area contributed by atoms with Gasteiger partial charge in [-0.1, -0.05) is 23.3 Å². The van der Waals surface area contributed by atoms with Crippen LogP contribution in [-0.2, 0) is 6.42 Å². The van der Waals surface area contributed by atoms with E-state index in [4.69, 9.17) is 4.74 Å². The van der Waals surface area contributed by atoms with Crippen molar-refractivity contribution in [2.45, 2.75) is 105 Å². The second-order valence-electron chi connectivity index (χ2n) is 9.85. The molecule has 0 aliphatic carbocycles. The molecule has 0 spiro atoms. The van der Waals surface area contributed by atoms with Gasteiger partial charge in [0.2, 0.25) is 0 Å². The Morgan fingerprint density at radius 1 is 1.03 bits per heavy atom. The summed E-state index contributed by atoms with van der Waals surface area (Å²) in [5.74, 6) is 1.44. The van der Waals surface area contributed by atoms with Crippen molar-refractivity contribution in [3.63, 3.8) is 0 Å². The lowest BCUT2D eigenvalue weighted by Gasteiger charge is -2.38. The van der Waals surface area contributed by atoms with Crippen molar-refractivity contribution in [1.82, 2.24) is 0 Å². The predicted octanol–water partition coefficient (Wildman–Crippen LogP) is 8.41. The fourth-order valence-corrected chi connectivity index (χ4v) is 4.39. The van der Waals surface area contributed by atoms with Gasteiger partial charge < -0.3 is 9.84 Å². The summed E-state index contributed by atoms with van der Waals surface area (Å²) in [5.41, 5.74) is 8.15. The van der Waals surface area contributed by atoms with Gasteiger partial charge in [0.1, 0.15) is 17.1 Å². The van der Waals surface area contributed by atoms with E-state index in [1.165, 1.54) is 16.7 Å². The van der Waals surface area contributed by atoms with Crippen molar-refractivity contribution < 1.29 is 9.84 Å². The van der Waals surface area contributed by atoms with Gasteiger partial charge in [0.25, 0.3) is 0 Å². The number of fused-ring (bicyclic) bond motifs is 1. The van der Waals surface area contributed by atoms with Gasteiger partial charge in [0, 0.05) is 25.0 Å². The van der Waals surface area contributed by atoms with E-state index in [1.807, 2.05) is 13.8 Å². The second-order valence-corrected chi connectivity index (χ2v) is 9.85. The monoisotopic (exact) mass is 423 g/mol. The van der Waals surface area contributed by atoms with E-state index in [0.29, 0.717) is 5.75 Å². The van der Waals surface area contributed by atoms with E-state index in [-0.39, 0.29) is 5.60 Å². The molecular formula is C29H43O2+. The summed E-state index contributed by atoms with van der Waals surface area (Å²) in [5, 5.41) is 10.4. The average Bonchev–Trinajstić information content (AvgIpc) is 2.70. The summed E-state index contributed by atoms with van der Waals surface area (Å²) >= 11 is 0. The smallest absolute Gasteiger partial charge is 0.127 e.